The Morgan fingerprint density at radius 3 is 2.15 bits per heavy atom. The van der Waals surface area contributed by atoms with Gasteiger partial charge in [-0.1, -0.05) is 20.8 Å². The number of hydrogen-bond donors (Lipinski definition) is 1. The highest BCUT2D eigenvalue weighted by Gasteiger charge is 2.32. The molecule has 0 aliphatic carbocycles. The number of carbonyl (C=O) groups is 1. The molecular formula is C26H38N2O5S. The number of carbonyl (C=O) groups excluding carboxylic acids is 1. The third-order valence-corrected chi connectivity index (χ3v) is 6.98. The molecular weight excluding hydrogens is 452 g/mol. The van der Waals surface area contributed by atoms with Crippen molar-refractivity contribution in [1.29, 1.82) is 0 Å². The van der Waals surface area contributed by atoms with Crippen LogP contribution in [0.1, 0.15) is 69.7 Å². The quantitative estimate of drug-likeness (QED) is 0.482. The van der Waals surface area contributed by atoms with Crippen molar-refractivity contribution in [2.75, 3.05) is 24.3 Å². The van der Waals surface area contributed by atoms with Crippen LogP contribution in [-0.4, -0.2) is 40.3 Å². The zero-order valence-corrected chi connectivity index (χ0v) is 22.3. The van der Waals surface area contributed by atoms with Crippen molar-refractivity contribution in [3.8, 4) is 11.5 Å². The maximum Gasteiger partial charge on any atom is 0.244 e. The summed E-state index contributed by atoms with van der Waals surface area (Å²) < 4.78 is 37.7. The van der Waals surface area contributed by atoms with Gasteiger partial charge in [0.05, 0.1) is 31.7 Å². The summed E-state index contributed by atoms with van der Waals surface area (Å²) in [5.41, 5.74) is 3.44. The van der Waals surface area contributed by atoms with E-state index in [4.69, 9.17) is 9.47 Å². The van der Waals surface area contributed by atoms with Gasteiger partial charge in [-0.2, -0.15) is 0 Å². The van der Waals surface area contributed by atoms with E-state index in [1.165, 1.54) is 4.31 Å². The highest BCUT2D eigenvalue weighted by Crippen LogP contribution is 2.32. The predicted molar refractivity (Wildman–Crippen MR) is 137 cm³/mol. The van der Waals surface area contributed by atoms with Crippen molar-refractivity contribution >= 4 is 21.6 Å². The number of sulfonamides is 1. The number of amides is 1. The lowest BCUT2D eigenvalue weighted by atomic mass is 9.93. The summed E-state index contributed by atoms with van der Waals surface area (Å²) in [4.78, 5) is 13.4. The van der Waals surface area contributed by atoms with E-state index in [9.17, 15) is 13.2 Å². The van der Waals surface area contributed by atoms with Crippen LogP contribution in [0.3, 0.4) is 0 Å². The first-order valence-corrected chi connectivity index (χ1v) is 13.5. The van der Waals surface area contributed by atoms with Crippen LogP contribution in [0.4, 0.5) is 5.69 Å². The molecule has 2 atom stereocenters. The Hall–Kier alpha value is -2.74. The molecule has 0 saturated carbocycles. The number of ether oxygens (including phenoxy) is 2. The van der Waals surface area contributed by atoms with Gasteiger partial charge in [0.1, 0.15) is 17.5 Å². The number of methoxy groups -OCH3 is 1. The molecule has 1 N–H and O–H groups in total. The van der Waals surface area contributed by atoms with Crippen molar-refractivity contribution in [1.82, 2.24) is 5.32 Å². The van der Waals surface area contributed by atoms with Crippen molar-refractivity contribution < 1.29 is 22.7 Å². The monoisotopic (exact) mass is 490 g/mol. The summed E-state index contributed by atoms with van der Waals surface area (Å²) in [5, 5.41) is 3.04. The molecule has 188 valence electrons. The summed E-state index contributed by atoms with van der Waals surface area (Å²) >= 11 is 0. The van der Waals surface area contributed by atoms with Gasteiger partial charge in [0.2, 0.25) is 15.9 Å². The second-order valence-electron chi connectivity index (χ2n) is 8.75. The largest absolute Gasteiger partial charge is 0.496 e. The number of aryl methyl sites for hydroxylation is 1. The van der Waals surface area contributed by atoms with E-state index in [1.807, 2.05) is 26.8 Å². The lowest BCUT2D eigenvalue weighted by molar-refractivity contribution is -0.122. The van der Waals surface area contributed by atoms with E-state index in [2.05, 4.69) is 25.2 Å². The zero-order valence-electron chi connectivity index (χ0n) is 21.5. The Morgan fingerprint density at radius 2 is 1.68 bits per heavy atom. The smallest absolute Gasteiger partial charge is 0.244 e. The molecule has 0 bridgehead atoms. The van der Waals surface area contributed by atoms with Gasteiger partial charge in [0, 0.05) is 0 Å². The lowest BCUT2D eigenvalue weighted by Crippen LogP contribution is -2.49. The minimum Gasteiger partial charge on any atom is -0.496 e. The maximum atomic E-state index is 13.4. The number of hydrogen-bond acceptors (Lipinski definition) is 5. The fourth-order valence-corrected chi connectivity index (χ4v) is 5.33. The molecule has 0 heterocycles. The summed E-state index contributed by atoms with van der Waals surface area (Å²) in [6.45, 7) is 12.3. The molecule has 7 nitrogen and oxygen atoms in total. The van der Waals surface area contributed by atoms with Gasteiger partial charge in [0.25, 0.3) is 0 Å². The fraction of sp³-hybridized carbons (Fsp3) is 0.500. The summed E-state index contributed by atoms with van der Waals surface area (Å²) in [6, 6.07) is 9.57. The molecule has 8 heteroatoms. The molecule has 2 rings (SSSR count). The van der Waals surface area contributed by atoms with Gasteiger partial charge < -0.3 is 14.8 Å². The van der Waals surface area contributed by atoms with Crippen LogP contribution in [0.2, 0.25) is 0 Å². The maximum absolute atomic E-state index is 13.4. The Kier molecular flexibility index (Phi) is 9.38. The molecule has 0 saturated heterocycles. The average molecular weight is 491 g/mol. The topological polar surface area (TPSA) is 84.9 Å². The van der Waals surface area contributed by atoms with Crippen molar-refractivity contribution in [3.63, 3.8) is 0 Å². The standard InChI is InChI=1S/C26H38N2O5S/c1-9-24(28(34(8,30)31)20-11-13-21(14-12-20)33-10-2)26(29)27-19(6)23-16-22(17(3)4)25(32-7)15-18(23)5/h11-17,19,24H,9-10H2,1-8H3,(H,27,29)/t19-,24-/m0/s1. The normalized spacial score (nSPS) is 13.3. The van der Waals surface area contributed by atoms with Crippen LogP contribution in [0.25, 0.3) is 0 Å². The van der Waals surface area contributed by atoms with Gasteiger partial charge in [-0.15, -0.1) is 0 Å². The highest BCUT2D eigenvalue weighted by atomic mass is 32.2. The molecule has 0 aromatic heterocycles. The zero-order chi connectivity index (χ0) is 25.6. The third kappa shape index (κ3) is 6.44. The molecule has 0 radical (unpaired) electrons. The van der Waals surface area contributed by atoms with E-state index in [-0.39, 0.29) is 17.9 Å². The van der Waals surface area contributed by atoms with Crippen LogP contribution >= 0.6 is 0 Å². The third-order valence-electron chi connectivity index (χ3n) is 5.80. The molecule has 0 unspecified atom stereocenters. The van der Waals surface area contributed by atoms with Crippen LogP contribution in [-0.2, 0) is 14.8 Å². The first-order valence-electron chi connectivity index (χ1n) is 11.7. The Morgan fingerprint density at radius 1 is 1.06 bits per heavy atom. The molecule has 34 heavy (non-hydrogen) atoms. The second kappa shape index (κ2) is 11.6. The van der Waals surface area contributed by atoms with Crippen LogP contribution in [0, 0.1) is 6.92 Å². The van der Waals surface area contributed by atoms with Gasteiger partial charge >= 0.3 is 0 Å². The number of rotatable bonds is 11. The van der Waals surface area contributed by atoms with Gasteiger partial charge in [-0.05, 0) is 86.2 Å². The van der Waals surface area contributed by atoms with E-state index in [0.29, 0.717) is 24.5 Å². The van der Waals surface area contributed by atoms with E-state index < -0.39 is 16.1 Å². The number of nitrogens with one attached hydrogen (secondary N) is 1. The van der Waals surface area contributed by atoms with Gasteiger partial charge in [-0.25, -0.2) is 8.42 Å². The van der Waals surface area contributed by atoms with Gasteiger partial charge in [-0.3, -0.25) is 9.10 Å². The summed E-state index contributed by atoms with van der Waals surface area (Å²) in [5.74, 6) is 1.36. The lowest BCUT2D eigenvalue weighted by Gasteiger charge is -2.31. The molecule has 1 amide bonds. The first kappa shape index (κ1) is 27.5. The van der Waals surface area contributed by atoms with Gasteiger partial charge in [0.15, 0.2) is 0 Å². The molecule has 2 aromatic carbocycles. The minimum absolute atomic E-state index is 0.251. The number of nitrogens with zero attached hydrogens (tertiary/aromatic N) is 1. The summed E-state index contributed by atoms with van der Waals surface area (Å²) in [6.07, 6.45) is 1.43. The fourth-order valence-electron chi connectivity index (χ4n) is 4.11. The summed E-state index contributed by atoms with van der Waals surface area (Å²) in [7, 11) is -2.07. The van der Waals surface area contributed by atoms with Crippen LogP contribution < -0.4 is 19.1 Å². The SMILES string of the molecule is CCOc1ccc(N([C@@H](CC)C(=O)N[C@@H](C)c2cc(C(C)C)c(OC)cc2C)S(C)(=O)=O)cc1. The molecule has 2 aromatic rings. The number of anilines is 1. The van der Waals surface area contributed by atoms with E-state index in [1.54, 1.807) is 38.3 Å². The molecule has 0 fully saturated rings. The average Bonchev–Trinajstić information content (AvgIpc) is 2.76. The second-order valence-corrected chi connectivity index (χ2v) is 10.6. The Balaban J connectivity index is 2.37. The highest BCUT2D eigenvalue weighted by molar-refractivity contribution is 7.92. The molecule has 0 aliphatic heterocycles. The Labute approximate surface area is 204 Å². The van der Waals surface area contributed by atoms with Crippen molar-refractivity contribution in [2.45, 2.75) is 66.0 Å². The van der Waals surface area contributed by atoms with E-state index >= 15 is 0 Å². The van der Waals surface area contributed by atoms with Crippen molar-refractivity contribution in [3.05, 3.63) is 53.1 Å². The Bertz CT molecular complexity index is 1080. The van der Waals surface area contributed by atoms with E-state index in [0.717, 1.165) is 28.7 Å². The molecule has 0 spiro atoms. The molecule has 0 aliphatic rings. The number of benzene rings is 2. The van der Waals surface area contributed by atoms with Crippen LogP contribution in [0.15, 0.2) is 36.4 Å². The van der Waals surface area contributed by atoms with Crippen molar-refractivity contribution in [2.24, 2.45) is 0 Å². The van der Waals surface area contributed by atoms with Crippen LogP contribution in [0.5, 0.6) is 11.5 Å². The minimum atomic E-state index is -3.72. The predicted octanol–water partition coefficient (Wildman–Crippen LogP) is 4.95. The first-order chi connectivity index (χ1) is 15.9.